The first-order valence-corrected chi connectivity index (χ1v) is 6.36. The molecule has 1 fully saturated rings. The van der Waals surface area contributed by atoms with Crippen LogP contribution >= 0.6 is 0 Å². The Kier molecular flexibility index (Phi) is 3.07. The molecule has 0 aliphatic heterocycles. The van der Waals surface area contributed by atoms with Crippen LogP contribution in [0.4, 0.5) is 5.69 Å². The van der Waals surface area contributed by atoms with Gasteiger partial charge in [0.2, 0.25) is 0 Å². The second-order valence-electron chi connectivity index (χ2n) is 6.14. The van der Waals surface area contributed by atoms with Crippen LogP contribution in [0, 0.1) is 0 Å². The Bertz CT molecular complexity index is 400. The van der Waals surface area contributed by atoms with E-state index in [2.05, 4.69) is 58.0 Å². The van der Waals surface area contributed by atoms with E-state index < -0.39 is 0 Å². The summed E-state index contributed by atoms with van der Waals surface area (Å²) >= 11 is 0. The number of ether oxygens (including phenoxy) is 1. The molecule has 0 amide bonds. The zero-order chi connectivity index (χ0) is 12.6. The van der Waals surface area contributed by atoms with E-state index in [1.54, 1.807) is 0 Å². The highest BCUT2D eigenvalue weighted by Gasteiger charge is 2.27. The second-order valence-corrected chi connectivity index (χ2v) is 6.14. The minimum Gasteiger partial charge on any atom is -0.490 e. The van der Waals surface area contributed by atoms with Gasteiger partial charge in [-0.15, -0.1) is 0 Å². The number of hydrogen-bond acceptors (Lipinski definition) is 2. The van der Waals surface area contributed by atoms with Crippen molar-refractivity contribution in [2.24, 2.45) is 0 Å². The van der Waals surface area contributed by atoms with Crippen LogP contribution in [0.3, 0.4) is 0 Å². The molecule has 2 heteroatoms. The normalized spacial score (nSPS) is 15.8. The smallest absolute Gasteiger partial charge is 0.125 e. The van der Waals surface area contributed by atoms with E-state index >= 15 is 0 Å². The van der Waals surface area contributed by atoms with Gasteiger partial charge in [-0.2, -0.15) is 0 Å². The number of anilines is 1. The van der Waals surface area contributed by atoms with E-state index in [4.69, 9.17) is 4.74 Å². The summed E-state index contributed by atoms with van der Waals surface area (Å²) in [6, 6.07) is 6.53. The van der Waals surface area contributed by atoms with Gasteiger partial charge in [-0.25, -0.2) is 0 Å². The van der Waals surface area contributed by atoms with Gasteiger partial charge in [-0.3, -0.25) is 0 Å². The van der Waals surface area contributed by atoms with Crippen LogP contribution in [0.25, 0.3) is 0 Å². The first kappa shape index (κ1) is 12.3. The maximum atomic E-state index is 6.05. The van der Waals surface area contributed by atoms with Crippen LogP contribution in [-0.2, 0) is 5.41 Å². The summed E-state index contributed by atoms with van der Waals surface area (Å²) in [5.74, 6) is 1.06. The molecule has 0 N–H and O–H groups in total. The van der Waals surface area contributed by atoms with E-state index in [1.165, 1.54) is 24.1 Å². The highest BCUT2D eigenvalue weighted by Crippen LogP contribution is 2.37. The fourth-order valence-corrected chi connectivity index (χ4v) is 1.87. The third kappa shape index (κ3) is 2.93. The van der Waals surface area contributed by atoms with Gasteiger partial charge in [-0.05, 0) is 29.9 Å². The van der Waals surface area contributed by atoms with E-state index in [1.807, 2.05) is 0 Å². The summed E-state index contributed by atoms with van der Waals surface area (Å²) in [5.41, 5.74) is 2.64. The van der Waals surface area contributed by atoms with Crippen LogP contribution in [0.2, 0.25) is 0 Å². The molecular formula is C15H23NO. The van der Waals surface area contributed by atoms with E-state index in [9.17, 15) is 0 Å². The van der Waals surface area contributed by atoms with Gasteiger partial charge >= 0.3 is 0 Å². The topological polar surface area (TPSA) is 12.5 Å². The Morgan fingerprint density at radius 3 is 2.29 bits per heavy atom. The Labute approximate surface area is 105 Å². The SMILES string of the molecule is CN(C)c1ccc(C(C)(C)C)c(OC2CC2)c1. The minimum atomic E-state index is 0.134. The van der Waals surface area contributed by atoms with Crippen LogP contribution in [0.15, 0.2) is 18.2 Å². The minimum absolute atomic E-state index is 0.134. The van der Waals surface area contributed by atoms with Crippen molar-refractivity contribution in [2.45, 2.75) is 45.1 Å². The number of nitrogens with zero attached hydrogens (tertiary/aromatic N) is 1. The van der Waals surface area contributed by atoms with Crippen molar-refractivity contribution < 1.29 is 4.74 Å². The molecule has 0 aromatic heterocycles. The lowest BCUT2D eigenvalue weighted by atomic mass is 9.86. The van der Waals surface area contributed by atoms with Crippen molar-refractivity contribution in [3.05, 3.63) is 23.8 Å². The first-order valence-electron chi connectivity index (χ1n) is 6.36. The van der Waals surface area contributed by atoms with Gasteiger partial charge in [0.25, 0.3) is 0 Å². The highest BCUT2D eigenvalue weighted by atomic mass is 16.5. The molecule has 1 aliphatic rings. The first-order chi connectivity index (χ1) is 7.88. The number of hydrogen-bond donors (Lipinski definition) is 0. The average Bonchev–Trinajstić information content (AvgIpc) is 2.99. The lowest BCUT2D eigenvalue weighted by Gasteiger charge is -2.24. The van der Waals surface area contributed by atoms with Crippen molar-refractivity contribution in [3.8, 4) is 5.75 Å². The molecule has 0 spiro atoms. The molecule has 94 valence electrons. The highest BCUT2D eigenvalue weighted by molar-refractivity contribution is 5.54. The monoisotopic (exact) mass is 233 g/mol. The molecule has 1 saturated carbocycles. The summed E-state index contributed by atoms with van der Waals surface area (Å²) in [7, 11) is 4.12. The van der Waals surface area contributed by atoms with Gasteiger partial charge in [0.05, 0.1) is 6.10 Å². The predicted molar refractivity (Wildman–Crippen MR) is 73.1 cm³/mol. The molecule has 0 atom stereocenters. The fraction of sp³-hybridized carbons (Fsp3) is 0.600. The Balaban J connectivity index is 2.36. The lowest BCUT2D eigenvalue weighted by molar-refractivity contribution is 0.295. The Morgan fingerprint density at radius 2 is 1.82 bits per heavy atom. The second kappa shape index (κ2) is 4.25. The molecule has 2 rings (SSSR count). The molecular weight excluding hydrogens is 210 g/mol. The molecule has 0 unspecified atom stereocenters. The average molecular weight is 233 g/mol. The van der Waals surface area contributed by atoms with Gasteiger partial charge in [-0.1, -0.05) is 26.8 Å². The van der Waals surface area contributed by atoms with Gasteiger partial charge < -0.3 is 9.64 Å². The lowest BCUT2D eigenvalue weighted by Crippen LogP contribution is -2.15. The number of benzene rings is 1. The Morgan fingerprint density at radius 1 is 1.18 bits per heavy atom. The Hall–Kier alpha value is -1.18. The van der Waals surface area contributed by atoms with Gasteiger partial charge in [0, 0.05) is 25.8 Å². The molecule has 2 nitrogen and oxygen atoms in total. The molecule has 0 radical (unpaired) electrons. The predicted octanol–water partition coefficient (Wildman–Crippen LogP) is 3.59. The van der Waals surface area contributed by atoms with Gasteiger partial charge in [0.1, 0.15) is 5.75 Å². The maximum Gasteiger partial charge on any atom is 0.125 e. The van der Waals surface area contributed by atoms with Crippen LogP contribution < -0.4 is 9.64 Å². The summed E-state index contributed by atoms with van der Waals surface area (Å²) in [6.07, 6.45) is 2.86. The summed E-state index contributed by atoms with van der Waals surface area (Å²) in [5, 5.41) is 0. The largest absolute Gasteiger partial charge is 0.490 e. The molecule has 0 heterocycles. The van der Waals surface area contributed by atoms with E-state index in [-0.39, 0.29) is 5.41 Å². The van der Waals surface area contributed by atoms with Crippen molar-refractivity contribution in [1.29, 1.82) is 0 Å². The van der Waals surface area contributed by atoms with Crippen molar-refractivity contribution in [3.63, 3.8) is 0 Å². The van der Waals surface area contributed by atoms with Crippen molar-refractivity contribution in [1.82, 2.24) is 0 Å². The van der Waals surface area contributed by atoms with Crippen LogP contribution in [-0.4, -0.2) is 20.2 Å². The quantitative estimate of drug-likeness (QED) is 0.791. The summed E-state index contributed by atoms with van der Waals surface area (Å²) in [6.45, 7) is 6.70. The van der Waals surface area contributed by atoms with Crippen LogP contribution in [0.5, 0.6) is 5.75 Å². The van der Waals surface area contributed by atoms with E-state index in [0.29, 0.717) is 6.10 Å². The molecule has 1 aromatic carbocycles. The van der Waals surface area contributed by atoms with E-state index in [0.717, 1.165) is 5.75 Å². The molecule has 17 heavy (non-hydrogen) atoms. The summed E-state index contributed by atoms with van der Waals surface area (Å²) < 4.78 is 6.05. The third-order valence-electron chi connectivity index (χ3n) is 3.11. The molecule has 0 bridgehead atoms. The standard InChI is InChI=1S/C15H23NO/c1-15(2,3)13-9-6-11(16(4)5)10-14(13)17-12-7-8-12/h6,9-10,12H,7-8H2,1-5H3. The van der Waals surface area contributed by atoms with Crippen LogP contribution in [0.1, 0.15) is 39.2 Å². The third-order valence-corrected chi connectivity index (χ3v) is 3.11. The molecule has 1 aromatic rings. The molecule has 0 saturated heterocycles. The zero-order valence-electron chi connectivity index (χ0n) is 11.6. The fourth-order valence-electron chi connectivity index (χ4n) is 1.87. The maximum absolute atomic E-state index is 6.05. The number of rotatable bonds is 3. The van der Waals surface area contributed by atoms with Crippen molar-refractivity contribution >= 4 is 5.69 Å². The zero-order valence-corrected chi connectivity index (χ0v) is 11.6. The summed E-state index contributed by atoms with van der Waals surface area (Å²) in [4.78, 5) is 2.12. The van der Waals surface area contributed by atoms with Gasteiger partial charge in [0.15, 0.2) is 0 Å². The van der Waals surface area contributed by atoms with Crippen molar-refractivity contribution in [2.75, 3.05) is 19.0 Å². The molecule has 1 aliphatic carbocycles.